The van der Waals surface area contributed by atoms with E-state index in [9.17, 15) is 13.6 Å². The van der Waals surface area contributed by atoms with Gasteiger partial charge in [-0.15, -0.1) is 11.3 Å². The maximum atomic E-state index is 12.4. The smallest absolute Gasteiger partial charge is 0.387 e. The molecule has 0 saturated carbocycles. The Bertz CT molecular complexity index is 1040. The number of carbonyl (C=O) groups excluding carboxylic acids is 1. The molecule has 0 saturated heterocycles. The second-order valence-corrected chi connectivity index (χ2v) is 7.83. The Hall–Kier alpha value is -3.26. The van der Waals surface area contributed by atoms with Crippen molar-refractivity contribution in [3.05, 3.63) is 81.8 Å². The number of amides is 1. The highest BCUT2D eigenvalue weighted by atomic mass is 32.1. The highest BCUT2D eigenvalue weighted by Gasteiger charge is 2.08. The summed E-state index contributed by atoms with van der Waals surface area (Å²) in [5.41, 5.74) is 2.52. The number of nitrogens with zero attached hydrogens (tertiary/aromatic N) is 2. The first-order chi connectivity index (χ1) is 14.9. The predicted molar refractivity (Wildman–Crippen MR) is 116 cm³/mol. The molecule has 8 heteroatoms. The molecule has 0 aliphatic rings. The number of aromatic nitrogens is 1. The number of benzene rings is 2. The van der Waals surface area contributed by atoms with E-state index in [4.69, 9.17) is 4.74 Å². The molecule has 0 aliphatic heterocycles. The van der Waals surface area contributed by atoms with Gasteiger partial charge in [0.2, 0.25) is 5.91 Å². The molecule has 1 heterocycles. The third kappa shape index (κ3) is 7.18. The van der Waals surface area contributed by atoms with E-state index in [0.717, 1.165) is 21.8 Å². The van der Waals surface area contributed by atoms with Crippen molar-refractivity contribution in [3.63, 3.8) is 0 Å². The minimum absolute atomic E-state index is 0.0830. The fourth-order valence-corrected chi connectivity index (χ4v) is 3.36. The summed E-state index contributed by atoms with van der Waals surface area (Å²) in [5.74, 6) is 0.594. The van der Waals surface area contributed by atoms with Crippen LogP contribution in [0.4, 0.5) is 8.78 Å². The molecule has 0 aliphatic carbocycles. The summed E-state index contributed by atoms with van der Waals surface area (Å²) < 4.78 is 34.5. The molecule has 31 heavy (non-hydrogen) atoms. The number of carbonyl (C=O) groups is 1. The average molecular weight is 445 g/mol. The number of alkyl halides is 2. The molecule has 0 atom stereocenters. The van der Waals surface area contributed by atoms with E-state index in [2.05, 4.69) is 9.72 Å². The third-order valence-corrected chi connectivity index (χ3v) is 5.10. The van der Waals surface area contributed by atoms with E-state index in [-0.39, 0.29) is 11.7 Å². The Morgan fingerprint density at radius 1 is 1.19 bits per heavy atom. The summed E-state index contributed by atoms with van der Waals surface area (Å²) in [6, 6.07) is 13.6. The van der Waals surface area contributed by atoms with Crippen molar-refractivity contribution in [1.82, 2.24) is 9.88 Å². The zero-order valence-corrected chi connectivity index (χ0v) is 17.9. The first-order valence-corrected chi connectivity index (χ1v) is 10.4. The van der Waals surface area contributed by atoms with Gasteiger partial charge in [0, 0.05) is 25.0 Å². The number of hydrogen-bond acceptors (Lipinski definition) is 5. The van der Waals surface area contributed by atoms with Crippen LogP contribution in [0.2, 0.25) is 0 Å². The lowest BCUT2D eigenvalue weighted by Crippen LogP contribution is -2.24. The van der Waals surface area contributed by atoms with E-state index >= 15 is 0 Å². The van der Waals surface area contributed by atoms with Crippen LogP contribution in [0.25, 0.3) is 6.08 Å². The number of thiazole rings is 1. The maximum Gasteiger partial charge on any atom is 0.387 e. The van der Waals surface area contributed by atoms with Gasteiger partial charge in [0.15, 0.2) is 0 Å². The molecule has 1 amide bonds. The third-order valence-electron chi connectivity index (χ3n) is 4.27. The van der Waals surface area contributed by atoms with Crippen LogP contribution >= 0.6 is 11.3 Å². The Morgan fingerprint density at radius 3 is 2.65 bits per heavy atom. The monoisotopic (exact) mass is 444 g/mol. The molecule has 1 aromatic heterocycles. The lowest BCUT2D eigenvalue weighted by molar-refractivity contribution is -0.125. The predicted octanol–water partition coefficient (Wildman–Crippen LogP) is 5.30. The maximum absolute atomic E-state index is 12.4. The lowest BCUT2D eigenvalue weighted by atomic mass is 10.2. The van der Waals surface area contributed by atoms with Gasteiger partial charge in [-0.2, -0.15) is 8.78 Å². The summed E-state index contributed by atoms with van der Waals surface area (Å²) in [5, 5.41) is 2.96. The highest BCUT2D eigenvalue weighted by Crippen LogP contribution is 2.18. The first-order valence-electron chi connectivity index (χ1n) is 9.50. The van der Waals surface area contributed by atoms with Crippen LogP contribution in [0.1, 0.15) is 21.8 Å². The molecule has 3 aromatic rings. The summed E-state index contributed by atoms with van der Waals surface area (Å²) in [6.45, 7) is -0.181. The van der Waals surface area contributed by atoms with Gasteiger partial charge in [0.25, 0.3) is 0 Å². The fourth-order valence-electron chi connectivity index (χ4n) is 2.76. The van der Waals surface area contributed by atoms with Crippen molar-refractivity contribution in [2.24, 2.45) is 0 Å². The number of ether oxygens (including phenoxy) is 2. The van der Waals surface area contributed by atoms with Crippen LogP contribution in [0.15, 0.2) is 60.0 Å². The second kappa shape index (κ2) is 10.7. The van der Waals surface area contributed by atoms with Crippen LogP contribution in [0, 0.1) is 6.92 Å². The van der Waals surface area contributed by atoms with E-state index in [1.807, 2.05) is 36.6 Å². The van der Waals surface area contributed by atoms with Gasteiger partial charge in [-0.3, -0.25) is 4.79 Å². The molecule has 0 fully saturated rings. The number of likely N-dealkylation sites (N-methyl/N-ethyl adjacent to an activating group) is 1. The Kier molecular flexibility index (Phi) is 7.72. The van der Waals surface area contributed by atoms with Gasteiger partial charge in [-0.25, -0.2) is 4.98 Å². The summed E-state index contributed by atoms with van der Waals surface area (Å²) >= 11 is 1.58. The van der Waals surface area contributed by atoms with E-state index in [1.54, 1.807) is 36.6 Å². The van der Waals surface area contributed by atoms with Gasteiger partial charge in [0.1, 0.15) is 18.1 Å². The molecular formula is C23H22F2N2O3S. The molecular weight excluding hydrogens is 422 g/mol. The Morgan fingerprint density at radius 2 is 1.97 bits per heavy atom. The number of hydrogen-bond donors (Lipinski definition) is 0. The largest absolute Gasteiger partial charge is 0.487 e. The SMILES string of the molecule is Cc1nc(COc2cccc(/C=C/C(=O)N(C)Cc3ccc(OC(F)F)cc3)c2)cs1. The van der Waals surface area contributed by atoms with Gasteiger partial charge in [-0.05, 0) is 48.4 Å². The highest BCUT2D eigenvalue weighted by molar-refractivity contribution is 7.09. The Balaban J connectivity index is 1.53. The topological polar surface area (TPSA) is 51.7 Å². The molecule has 0 unspecified atom stereocenters. The van der Waals surface area contributed by atoms with Crippen LogP contribution in [-0.2, 0) is 17.9 Å². The second-order valence-electron chi connectivity index (χ2n) is 6.77. The first kappa shape index (κ1) is 22.4. The van der Waals surface area contributed by atoms with Crippen LogP contribution in [0.5, 0.6) is 11.5 Å². The number of aryl methyl sites for hydroxylation is 1. The van der Waals surface area contributed by atoms with Crippen molar-refractivity contribution in [3.8, 4) is 11.5 Å². The normalized spacial score (nSPS) is 11.1. The van der Waals surface area contributed by atoms with E-state index in [1.165, 1.54) is 23.1 Å². The van der Waals surface area contributed by atoms with Crippen LogP contribution in [0.3, 0.4) is 0 Å². The minimum Gasteiger partial charge on any atom is -0.487 e. The Labute approximate surface area is 183 Å². The molecule has 0 spiro atoms. The van der Waals surface area contributed by atoms with Crippen molar-refractivity contribution < 1.29 is 23.0 Å². The summed E-state index contributed by atoms with van der Waals surface area (Å²) in [6.07, 6.45) is 3.20. The summed E-state index contributed by atoms with van der Waals surface area (Å²) in [4.78, 5) is 18.3. The van der Waals surface area contributed by atoms with Gasteiger partial charge < -0.3 is 14.4 Å². The molecule has 0 bridgehead atoms. The van der Waals surface area contributed by atoms with Crippen LogP contribution < -0.4 is 9.47 Å². The molecule has 2 aromatic carbocycles. The standard InChI is InChI=1S/C23H22F2N2O3S/c1-16-26-19(15-31-16)14-29-21-5-3-4-17(12-21)8-11-22(28)27(2)13-18-6-9-20(10-7-18)30-23(24)25/h3-12,15,23H,13-14H2,1-2H3/b11-8+. The van der Waals surface area contributed by atoms with Crippen molar-refractivity contribution in [2.45, 2.75) is 26.7 Å². The van der Waals surface area contributed by atoms with E-state index < -0.39 is 6.61 Å². The number of rotatable bonds is 9. The van der Waals surface area contributed by atoms with Crippen molar-refractivity contribution in [1.29, 1.82) is 0 Å². The summed E-state index contributed by atoms with van der Waals surface area (Å²) in [7, 11) is 1.67. The number of halogens is 2. The molecule has 5 nitrogen and oxygen atoms in total. The molecule has 3 rings (SSSR count). The van der Waals surface area contributed by atoms with E-state index in [0.29, 0.717) is 18.9 Å². The average Bonchev–Trinajstić information content (AvgIpc) is 3.17. The van der Waals surface area contributed by atoms with Gasteiger partial charge in [0.05, 0.1) is 10.7 Å². The lowest BCUT2D eigenvalue weighted by Gasteiger charge is -2.15. The molecule has 0 radical (unpaired) electrons. The zero-order valence-electron chi connectivity index (χ0n) is 17.1. The molecule has 162 valence electrons. The van der Waals surface area contributed by atoms with Crippen LogP contribution in [-0.4, -0.2) is 29.5 Å². The van der Waals surface area contributed by atoms with Gasteiger partial charge in [-0.1, -0.05) is 24.3 Å². The quantitative estimate of drug-likeness (QED) is 0.420. The fraction of sp³-hybridized carbons (Fsp3) is 0.217. The molecule has 0 N–H and O–H groups in total. The van der Waals surface area contributed by atoms with Gasteiger partial charge >= 0.3 is 6.61 Å². The minimum atomic E-state index is -2.86. The van der Waals surface area contributed by atoms with Crippen molar-refractivity contribution in [2.75, 3.05) is 7.05 Å². The van der Waals surface area contributed by atoms with Crippen molar-refractivity contribution >= 4 is 23.3 Å². The zero-order chi connectivity index (χ0) is 22.2.